The van der Waals surface area contributed by atoms with E-state index in [9.17, 15) is 9.59 Å². The number of nitrogens with one attached hydrogen (secondary N) is 1. The molecule has 0 unspecified atom stereocenters. The topological polar surface area (TPSA) is 71.1 Å². The number of hydrogen-bond acceptors (Lipinski definition) is 5. The molecule has 1 aromatic carbocycles. The van der Waals surface area contributed by atoms with Crippen LogP contribution in [0.2, 0.25) is 0 Å². The van der Waals surface area contributed by atoms with Crippen LogP contribution in [0.5, 0.6) is 5.75 Å². The summed E-state index contributed by atoms with van der Waals surface area (Å²) in [6.45, 7) is 6.80. The number of likely N-dealkylation sites (tertiary alicyclic amines) is 1. The lowest BCUT2D eigenvalue weighted by molar-refractivity contribution is -0.137. The SMILES string of the molecule is CC(=O)N[C@@H]1CCN(Cc2ccc(OCC(=O)N3CCOCC3)cc2)C1. The zero-order valence-corrected chi connectivity index (χ0v) is 15.3. The fraction of sp³-hybridized carbons (Fsp3) is 0.579. The summed E-state index contributed by atoms with van der Waals surface area (Å²) in [5.74, 6) is 0.733. The van der Waals surface area contributed by atoms with Crippen molar-refractivity contribution in [3.8, 4) is 5.75 Å². The number of morpholine rings is 1. The van der Waals surface area contributed by atoms with Gasteiger partial charge in [-0.25, -0.2) is 0 Å². The molecule has 2 aliphatic heterocycles. The monoisotopic (exact) mass is 361 g/mol. The first-order valence-corrected chi connectivity index (χ1v) is 9.17. The van der Waals surface area contributed by atoms with Crippen LogP contribution in [-0.4, -0.2) is 73.7 Å². The summed E-state index contributed by atoms with van der Waals surface area (Å²) in [7, 11) is 0. The van der Waals surface area contributed by atoms with Crippen molar-refractivity contribution in [3.05, 3.63) is 29.8 Å². The van der Waals surface area contributed by atoms with Gasteiger partial charge in [0, 0.05) is 45.7 Å². The Kier molecular flexibility index (Phi) is 6.46. The van der Waals surface area contributed by atoms with Crippen LogP contribution in [0.1, 0.15) is 18.9 Å². The molecule has 3 rings (SSSR count). The second-order valence-electron chi connectivity index (χ2n) is 6.85. The number of carbonyl (C=O) groups excluding carboxylic acids is 2. The van der Waals surface area contributed by atoms with Crippen LogP contribution in [0.15, 0.2) is 24.3 Å². The number of amides is 2. The molecule has 2 saturated heterocycles. The molecular formula is C19H27N3O4. The summed E-state index contributed by atoms with van der Waals surface area (Å²) >= 11 is 0. The van der Waals surface area contributed by atoms with E-state index in [1.54, 1.807) is 11.8 Å². The van der Waals surface area contributed by atoms with Gasteiger partial charge in [-0.15, -0.1) is 0 Å². The molecule has 0 aromatic heterocycles. The third kappa shape index (κ3) is 5.44. The van der Waals surface area contributed by atoms with E-state index in [1.807, 2.05) is 24.3 Å². The molecule has 0 radical (unpaired) electrons. The van der Waals surface area contributed by atoms with Crippen molar-refractivity contribution in [2.75, 3.05) is 46.0 Å². The maximum Gasteiger partial charge on any atom is 0.260 e. The molecule has 1 N–H and O–H groups in total. The number of ether oxygens (including phenoxy) is 2. The van der Waals surface area contributed by atoms with Gasteiger partial charge >= 0.3 is 0 Å². The minimum atomic E-state index is -0.00143. The maximum atomic E-state index is 12.1. The van der Waals surface area contributed by atoms with Crippen molar-refractivity contribution in [2.24, 2.45) is 0 Å². The van der Waals surface area contributed by atoms with Gasteiger partial charge in [0.15, 0.2) is 6.61 Å². The minimum Gasteiger partial charge on any atom is -0.484 e. The maximum absolute atomic E-state index is 12.1. The highest BCUT2D eigenvalue weighted by molar-refractivity contribution is 5.77. The van der Waals surface area contributed by atoms with Gasteiger partial charge in [0.2, 0.25) is 5.91 Å². The number of nitrogens with zero attached hydrogens (tertiary/aromatic N) is 2. The highest BCUT2D eigenvalue weighted by Crippen LogP contribution is 2.17. The molecule has 0 saturated carbocycles. The average Bonchev–Trinajstić information content (AvgIpc) is 3.07. The van der Waals surface area contributed by atoms with E-state index in [0.717, 1.165) is 26.1 Å². The van der Waals surface area contributed by atoms with Crippen molar-refractivity contribution in [1.29, 1.82) is 0 Å². The molecule has 0 spiro atoms. The number of benzene rings is 1. The zero-order valence-electron chi connectivity index (χ0n) is 15.3. The molecule has 26 heavy (non-hydrogen) atoms. The van der Waals surface area contributed by atoms with Gasteiger partial charge < -0.3 is 19.7 Å². The van der Waals surface area contributed by atoms with Crippen LogP contribution in [0.25, 0.3) is 0 Å². The molecule has 0 aliphatic carbocycles. The van der Waals surface area contributed by atoms with Crippen molar-refractivity contribution >= 4 is 11.8 Å². The molecule has 1 atom stereocenters. The summed E-state index contributed by atoms with van der Waals surface area (Å²) < 4.78 is 10.9. The quantitative estimate of drug-likeness (QED) is 0.805. The molecule has 2 aliphatic rings. The number of hydrogen-bond donors (Lipinski definition) is 1. The van der Waals surface area contributed by atoms with Crippen molar-refractivity contribution in [1.82, 2.24) is 15.1 Å². The Balaban J connectivity index is 1.42. The Morgan fingerprint density at radius 2 is 1.92 bits per heavy atom. The number of rotatable bonds is 6. The molecule has 1 aromatic rings. The first-order chi connectivity index (χ1) is 12.6. The molecule has 2 amide bonds. The lowest BCUT2D eigenvalue weighted by atomic mass is 10.2. The van der Waals surface area contributed by atoms with E-state index in [2.05, 4.69) is 10.2 Å². The lowest BCUT2D eigenvalue weighted by Crippen LogP contribution is -2.42. The Labute approximate surface area is 154 Å². The highest BCUT2D eigenvalue weighted by Gasteiger charge is 2.22. The normalized spacial score (nSPS) is 20.8. The Hall–Kier alpha value is -2.12. The summed E-state index contributed by atoms with van der Waals surface area (Å²) in [5, 5.41) is 2.98. The van der Waals surface area contributed by atoms with Gasteiger partial charge in [-0.05, 0) is 24.1 Å². The van der Waals surface area contributed by atoms with Gasteiger partial charge in [-0.1, -0.05) is 12.1 Å². The summed E-state index contributed by atoms with van der Waals surface area (Å²) in [5.41, 5.74) is 1.19. The van der Waals surface area contributed by atoms with E-state index >= 15 is 0 Å². The average molecular weight is 361 g/mol. The Morgan fingerprint density at radius 1 is 1.19 bits per heavy atom. The van der Waals surface area contributed by atoms with Gasteiger partial charge in [0.05, 0.1) is 13.2 Å². The van der Waals surface area contributed by atoms with E-state index in [0.29, 0.717) is 32.1 Å². The minimum absolute atomic E-state index is 0.00143. The summed E-state index contributed by atoms with van der Waals surface area (Å²) in [6.07, 6.45) is 0.991. The van der Waals surface area contributed by atoms with Gasteiger partial charge in [-0.3, -0.25) is 14.5 Å². The smallest absolute Gasteiger partial charge is 0.260 e. The van der Waals surface area contributed by atoms with Crippen LogP contribution in [-0.2, 0) is 20.9 Å². The highest BCUT2D eigenvalue weighted by atomic mass is 16.5. The second kappa shape index (κ2) is 9.00. The summed E-state index contributed by atoms with van der Waals surface area (Å²) in [6, 6.07) is 8.12. The van der Waals surface area contributed by atoms with Crippen LogP contribution in [0, 0.1) is 0 Å². The Bertz CT molecular complexity index is 614. The molecule has 2 fully saturated rings. The van der Waals surface area contributed by atoms with E-state index in [-0.39, 0.29) is 24.5 Å². The van der Waals surface area contributed by atoms with Crippen LogP contribution in [0.4, 0.5) is 0 Å². The first kappa shape index (κ1) is 18.7. The molecule has 0 bridgehead atoms. The molecule has 2 heterocycles. The molecule has 7 nitrogen and oxygen atoms in total. The van der Waals surface area contributed by atoms with Crippen molar-refractivity contribution in [3.63, 3.8) is 0 Å². The molecular weight excluding hydrogens is 334 g/mol. The first-order valence-electron chi connectivity index (χ1n) is 9.17. The number of carbonyl (C=O) groups is 2. The van der Waals surface area contributed by atoms with Crippen LogP contribution < -0.4 is 10.1 Å². The molecule has 142 valence electrons. The largest absolute Gasteiger partial charge is 0.484 e. The van der Waals surface area contributed by atoms with Crippen LogP contribution >= 0.6 is 0 Å². The van der Waals surface area contributed by atoms with E-state index in [1.165, 1.54) is 5.56 Å². The van der Waals surface area contributed by atoms with Crippen LogP contribution in [0.3, 0.4) is 0 Å². The van der Waals surface area contributed by atoms with Crippen molar-refractivity contribution < 1.29 is 19.1 Å². The zero-order chi connectivity index (χ0) is 18.4. The molecule has 7 heteroatoms. The van der Waals surface area contributed by atoms with E-state index < -0.39 is 0 Å². The standard InChI is InChI=1S/C19H27N3O4/c1-15(23)20-17-6-7-21(13-17)12-16-2-4-18(5-3-16)26-14-19(24)22-8-10-25-11-9-22/h2-5,17H,6-14H2,1H3,(H,20,23)/t17-/m1/s1. The van der Waals surface area contributed by atoms with Crippen molar-refractivity contribution in [2.45, 2.75) is 25.9 Å². The third-order valence-electron chi connectivity index (χ3n) is 4.74. The fourth-order valence-corrected chi connectivity index (χ4v) is 3.38. The fourth-order valence-electron chi connectivity index (χ4n) is 3.38. The summed E-state index contributed by atoms with van der Waals surface area (Å²) in [4.78, 5) is 27.3. The lowest BCUT2D eigenvalue weighted by Gasteiger charge is -2.26. The predicted molar refractivity (Wildman–Crippen MR) is 96.8 cm³/mol. The van der Waals surface area contributed by atoms with Gasteiger partial charge in [0.1, 0.15) is 5.75 Å². The van der Waals surface area contributed by atoms with Gasteiger partial charge in [-0.2, -0.15) is 0 Å². The van der Waals surface area contributed by atoms with E-state index in [4.69, 9.17) is 9.47 Å². The predicted octanol–water partition coefficient (Wildman–Crippen LogP) is 0.635. The van der Waals surface area contributed by atoms with Gasteiger partial charge in [0.25, 0.3) is 5.91 Å². The second-order valence-corrected chi connectivity index (χ2v) is 6.85. The Morgan fingerprint density at radius 3 is 2.62 bits per heavy atom. The third-order valence-corrected chi connectivity index (χ3v) is 4.74.